The number of methoxy groups -OCH3 is 1. The monoisotopic (exact) mass is 348 g/mol. The third kappa shape index (κ3) is 3.78. The van der Waals surface area contributed by atoms with Crippen LogP contribution in [0.4, 0.5) is 0 Å². The highest BCUT2D eigenvalue weighted by atomic mass is 35.5. The third-order valence-corrected chi connectivity index (χ3v) is 5.61. The van der Waals surface area contributed by atoms with Crippen LogP contribution in [0.15, 0.2) is 23.1 Å². The standard InChI is InChI=1S/C14H20N2O4S.ClH/c1-10-3-4-13(12(9-10)14(17)20-2)21(18,19)16-7-5-11(15)6-8-16;/h3-4,9,11H,5-8,15H2,1-2H3;1H. The van der Waals surface area contributed by atoms with E-state index in [2.05, 4.69) is 4.74 Å². The lowest BCUT2D eigenvalue weighted by molar-refractivity contribution is 0.0596. The first-order valence-electron chi connectivity index (χ1n) is 6.81. The largest absolute Gasteiger partial charge is 0.465 e. The fourth-order valence-corrected chi connectivity index (χ4v) is 4.02. The van der Waals surface area contributed by atoms with E-state index in [1.165, 1.54) is 23.5 Å². The number of ether oxygens (including phenoxy) is 1. The van der Waals surface area contributed by atoms with Crippen LogP contribution in [-0.4, -0.2) is 44.9 Å². The van der Waals surface area contributed by atoms with Crippen molar-refractivity contribution in [2.24, 2.45) is 5.73 Å². The van der Waals surface area contributed by atoms with E-state index in [-0.39, 0.29) is 28.9 Å². The first kappa shape index (κ1) is 18.9. The van der Waals surface area contributed by atoms with Gasteiger partial charge in [0, 0.05) is 19.1 Å². The zero-order chi connectivity index (χ0) is 15.6. The van der Waals surface area contributed by atoms with Crippen molar-refractivity contribution in [1.29, 1.82) is 0 Å². The number of benzene rings is 1. The minimum atomic E-state index is -3.71. The minimum Gasteiger partial charge on any atom is -0.465 e. The van der Waals surface area contributed by atoms with E-state index in [1.54, 1.807) is 13.0 Å². The summed E-state index contributed by atoms with van der Waals surface area (Å²) in [6.07, 6.45) is 1.25. The number of piperidine rings is 1. The molecule has 0 atom stereocenters. The molecule has 0 bridgehead atoms. The Balaban J connectivity index is 0.00000242. The summed E-state index contributed by atoms with van der Waals surface area (Å²) in [7, 11) is -2.47. The molecule has 2 N–H and O–H groups in total. The third-order valence-electron chi connectivity index (χ3n) is 3.66. The number of aryl methyl sites for hydroxylation is 1. The molecule has 0 saturated carbocycles. The molecule has 1 heterocycles. The molecule has 2 rings (SSSR count). The molecule has 124 valence electrons. The Morgan fingerprint density at radius 1 is 1.32 bits per heavy atom. The molecule has 0 spiro atoms. The molecule has 0 unspecified atom stereocenters. The van der Waals surface area contributed by atoms with Crippen molar-refractivity contribution in [3.05, 3.63) is 29.3 Å². The molecule has 1 aliphatic rings. The number of hydrogen-bond donors (Lipinski definition) is 1. The molecule has 8 heteroatoms. The van der Waals surface area contributed by atoms with Crippen LogP contribution < -0.4 is 5.73 Å². The maximum Gasteiger partial charge on any atom is 0.339 e. The predicted molar refractivity (Wildman–Crippen MR) is 85.7 cm³/mol. The summed E-state index contributed by atoms with van der Waals surface area (Å²) in [5.41, 5.74) is 6.68. The summed E-state index contributed by atoms with van der Waals surface area (Å²) in [4.78, 5) is 11.8. The quantitative estimate of drug-likeness (QED) is 0.832. The highest BCUT2D eigenvalue weighted by Gasteiger charge is 2.31. The molecule has 0 amide bonds. The van der Waals surface area contributed by atoms with Crippen LogP contribution in [0, 0.1) is 6.92 Å². The van der Waals surface area contributed by atoms with Gasteiger partial charge in [0.2, 0.25) is 10.0 Å². The molecule has 1 aliphatic heterocycles. The van der Waals surface area contributed by atoms with E-state index in [4.69, 9.17) is 5.73 Å². The molecule has 1 saturated heterocycles. The number of esters is 1. The zero-order valence-electron chi connectivity index (χ0n) is 12.6. The van der Waals surface area contributed by atoms with Gasteiger partial charge in [-0.3, -0.25) is 0 Å². The van der Waals surface area contributed by atoms with Crippen molar-refractivity contribution >= 4 is 28.4 Å². The predicted octanol–water partition coefficient (Wildman–Crippen LogP) is 1.32. The van der Waals surface area contributed by atoms with Gasteiger partial charge < -0.3 is 10.5 Å². The molecule has 6 nitrogen and oxygen atoms in total. The van der Waals surface area contributed by atoms with Gasteiger partial charge in [-0.15, -0.1) is 12.4 Å². The Morgan fingerprint density at radius 2 is 1.91 bits per heavy atom. The lowest BCUT2D eigenvalue weighted by Crippen LogP contribution is -2.43. The van der Waals surface area contributed by atoms with E-state index in [0.717, 1.165) is 5.56 Å². The van der Waals surface area contributed by atoms with Gasteiger partial charge in [-0.25, -0.2) is 13.2 Å². The van der Waals surface area contributed by atoms with E-state index >= 15 is 0 Å². The summed E-state index contributed by atoms with van der Waals surface area (Å²) < 4.78 is 31.5. The van der Waals surface area contributed by atoms with Gasteiger partial charge in [0.05, 0.1) is 17.6 Å². The number of sulfonamides is 1. The van der Waals surface area contributed by atoms with Crippen molar-refractivity contribution in [3.63, 3.8) is 0 Å². The Bertz CT molecular complexity index is 640. The van der Waals surface area contributed by atoms with Gasteiger partial charge in [-0.05, 0) is 31.9 Å². The lowest BCUT2D eigenvalue weighted by Gasteiger charge is -2.29. The molecule has 0 radical (unpaired) electrons. The highest BCUT2D eigenvalue weighted by Crippen LogP contribution is 2.24. The zero-order valence-corrected chi connectivity index (χ0v) is 14.2. The van der Waals surface area contributed by atoms with E-state index in [1.807, 2.05) is 0 Å². The maximum atomic E-state index is 12.7. The van der Waals surface area contributed by atoms with Gasteiger partial charge in [-0.2, -0.15) is 4.31 Å². The summed E-state index contributed by atoms with van der Waals surface area (Å²) in [5, 5.41) is 0. The average molecular weight is 349 g/mol. The number of halogens is 1. The number of carbonyl (C=O) groups is 1. The first-order valence-corrected chi connectivity index (χ1v) is 8.25. The average Bonchev–Trinajstić information content (AvgIpc) is 2.46. The van der Waals surface area contributed by atoms with Crippen LogP contribution in [0.1, 0.15) is 28.8 Å². The van der Waals surface area contributed by atoms with Gasteiger partial charge in [0.15, 0.2) is 0 Å². The van der Waals surface area contributed by atoms with Crippen LogP contribution in [0.5, 0.6) is 0 Å². The normalized spacial score (nSPS) is 16.9. The van der Waals surface area contributed by atoms with Gasteiger partial charge in [0.1, 0.15) is 0 Å². The molecular weight excluding hydrogens is 328 g/mol. The number of carbonyl (C=O) groups excluding carboxylic acids is 1. The molecule has 22 heavy (non-hydrogen) atoms. The van der Waals surface area contributed by atoms with E-state index < -0.39 is 16.0 Å². The number of nitrogens with two attached hydrogens (primary N) is 1. The number of nitrogens with zero attached hydrogens (tertiary/aromatic N) is 1. The van der Waals surface area contributed by atoms with Crippen molar-refractivity contribution < 1.29 is 17.9 Å². The van der Waals surface area contributed by atoms with Crippen molar-refractivity contribution in [2.75, 3.05) is 20.2 Å². The maximum absolute atomic E-state index is 12.7. The first-order chi connectivity index (χ1) is 9.86. The van der Waals surface area contributed by atoms with Crippen molar-refractivity contribution in [1.82, 2.24) is 4.31 Å². The Kier molecular flexibility index (Phi) is 6.37. The second kappa shape index (κ2) is 7.41. The van der Waals surface area contributed by atoms with E-state index in [9.17, 15) is 13.2 Å². The Morgan fingerprint density at radius 3 is 2.45 bits per heavy atom. The smallest absolute Gasteiger partial charge is 0.339 e. The Hall–Kier alpha value is -1.15. The summed E-state index contributed by atoms with van der Waals surface area (Å²) in [6.45, 7) is 2.54. The van der Waals surface area contributed by atoms with E-state index in [0.29, 0.717) is 25.9 Å². The SMILES string of the molecule is COC(=O)c1cc(C)ccc1S(=O)(=O)N1CCC(N)CC1.Cl. The summed E-state index contributed by atoms with van der Waals surface area (Å²) in [6, 6.07) is 4.71. The molecule has 1 aromatic rings. The highest BCUT2D eigenvalue weighted by molar-refractivity contribution is 7.89. The van der Waals surface area contributed by atoms with Gasteiger partial charge in [0.25, 0.3) is 0 Å². The summed E-state index contributed by atoms with van der Waals surface area (Å²) in [5.74, 6) is -0.647. The second-order valence-electron chi connectivity index (χ2n) is 5.23. The van der Waals surface area contributed by atoms with Crippen LogP contribution >= 0.6 is 12.4 Å². The van der Waals surface area contributed by atoms with Crippen LogP contribution in [0.3, 0.4) is 0 Å². The Labute approximate surface area is 137 Å². The fourth-order valence-electron chi connectivity index (χ4n) is 2.39. The topological polar surface area (TPSA) is 89.7 Å². The van der Waals surface area contributed by atoms with Gasteiger partial charge in [-0.1, -0.05) is 11.6 Å². The number of rotatable bonds is 3. The van der Waals surface area contributed by atoms with Crippen molar-refractivity contribution in [3.8, 4) is 0 Å². The molecular formula is C14H21ClN2O4S. The van der Waals surface area contributed by atoms with Crippen LogP contribution in [0.2, 0.25) is 0 Å². The molecule has 1 aromatic carbocycles. The molecule has 1 fully saturated rings. The van der Waals surface area contributed by atoms with Gasteiger partial charge >= 0.3 is 5.97 Å². The fraction of sp³-hybridized carbons (Fsp3) is 0.500. The van der Waals surface area contributed by atoms with Crippen LogP contribution in [-0.2, 0) is 14.8 Å². The minimum absolute atomic E-state index is 0. The summed E-state index contributed by atoms with van der Waals surface area (Å²) >= 11 is 0. The van der Waals surface area contributed by atoms with Crippen molar-refractivity contribution in [2.45, 2.75) is 30.7 Å². The molecule has 0 aromatic heterocycles. The second-order valence-corrected chi connectivity index (χ2v) is 7.14. The number of hydrogen-bond acceptors (Lipinski definition) is 5. The van der Waals surface area contributed by atoms with Crippen LogP contribution in [0.25, 0.3) is 0 Å². The lowest BCUT2D eigenvalue weighted by atomic mass is 10.1. The molecule has 0 aliphatic carbocycles.